The summed E-state index contributed by atoms with van der Waals surface area (Å²) in [6.45, 7) is 5.10. The molecule has 1 rings (SSSR count). The summed E-state index contributed by atoms with van der Waals surface area (Å²) in [7, 11) is 1.59. The number of alkyl halides is 3. The Kier molecular flexibility index (Phi) is 6.48. The van der Waals surface area contributed by atoms with Gasteiger partial charge < -0.3 is 14.8 Å². The summed E-state index contributed by atoms with van der Waals surface area (Å²) in [5, 5.41) is 3.16. The lowest BCUT2D eigenvalue weighted by atomic mass is 9.98. The summed E-state index contributed by atoms with van der Waals surface area (Å²) in [6, 6.07) is 3.54. The highest BCUT2D eigenvalue weighted by Gasteiger charge is 2.28. The maximum absolute atomic E-state index is 12.2. The highest BCUT2D eigenvalue weighted by Crippen LogP contribution is 2.27. The Hall–Kier alpha value is -1.27. The van der Waals surface area contributed by atoms with Crippen LogP contribution in [0.2, 0.25) is 0 Å². The number of methoxy groups -OCH3 is 1. The number of ether oxygens (including phenoxy) is 2. The summed E-state index contributed by atoms with van der Waals surface area (Å²) >= 11 is 0. The molecule has 0 spiro atoms. The molecule has 3 nitrogen and oxygen atoms in total. The van der Waals surface area contributed by atoms with Crippen LogP contribution in [0.25, 0.3) is 0 Å². The topological polar surface area (TPSA) is 30.5 Å². The van der Waals surface area contributed by atoms with Gasteiger partial charge in [0.1, 0.15) is 12.4 Å². The van der Waals surface area contributed by atoms with Crippen molar-refractivity contribution < 1.29 is 22.6 Å². The second-order valence-electron chi connectivity index (χ2n) is 4.92. The van der Waals surface area contributed by atoms with E-state index in [-0.39, 0.29) is 12.6 Å². The maximum atomic E-state index is 12.2. The number of halogens is 3. The Morgan fingerprint density at radius 1 is 1.19 bits per heavy atom. The number of hydrogen-bond donors (Lipinski definition) is 1. The second kappa shape index (κ2) is 7.66. The molecule has 0 aliphatic heterocycles. The Labute approximate surface area is 123 Å². The maximum Gasteiger partial charge on any atom is 0.411 e. The molecule has 1 N–H and O–H groups in total. The lowest BCUT2D eigenvalue weighted by molar-refractivity contribution is -0.175. The molecule has 0 aromatic heterocycles. The molecule has 21 heavy (non-hydrogen) atoms. The van der Waals surface area contributed by atoms with Crippen LogP contribution in [0.4, 0.5) is 13.2 Å². The number of nitrogens with one attached hydrogen (secondary N) is 1. The summed E-state index contributed by atoms with van der Waals surface area (Å²) in [5.74, 6) is 0.766. The standard InChI is InChI=1S/C15H22F3NO2/c1-5-19-13(8-21-9-15(16,17)18)12-6-11(3)14(20-4)7-10(12)2/h6-7,13,19H,5,8-9H2,1-4H3. The van der Waals surface area contributed by atoms with Crippen molar-refractivity contribution in [3.63, 3.8) is 0 Å². The van der Waals surface area contributed by atoms with E-state index in [1.54, 1.807) is 7.11 Å². The summed E-state index contributed by atoms with van der Waals surface area (Å²) in [4.78, 5) is 0. The van der Waals surface area contributed by atoms with Crippen LogP contribution in [0.3, 0.4) is 0 Å². The molecule has 120 valence electrons. The molecular formula is C15H22F3NO2. The first-order valence-electron chi connectivity index (χ1n) is 6.81. The van der Waals surface area contributed by atoms with Crippen LogP contribution in [0.1, 0.15) is 29.7 Å². The molecule has 0 saturated carbocycles. The largest absolute Gasteiger partial charge is 0.496 e. The fourth-order valence-electron chi connectivity index (χ4n) is 2.20. The van der Waals surface area contributed by atoms with E-state index < -0.39 is 12.8 Å². The van der Waals surface area contributed by atoms with E-state index in [2.05, 4.69) is 5.32 Å². The van der Waals surface area contributed by atoms with Crippen LogP contribution in [-0.2, 0) is 4.74 Å². The SMILES string of the molecule is CCNC(COCC(F)(F)F)c1cc(C)c(OC)cc1C. The fraction of sp³-hybridized carbons (Fsp3) is 0.600. The number of benzene rings is 1. The molecule has 1 aromatic carbocycles. The highest BCUT2D eigenvalue weighted by molar-refractivity contribution is 5.42. The number of aryl methyl sites for hydroxylation is 2. The molecule has 0 fully saturated rings. The van der Waals surface area contributed by atoms with Gasteiger partial charge in [0.05, 0.1) is 19.8 Å². The zero-order valence-electron chi connectivity index (χ0n) is 12.8. The van der Waals surface area contributed by atoms with Gasteiger partial charge in [-0.05, 0) is 43.1 Å². The molecule has 1 aromatic rings. The van der Waals surface area contributed by atoms with Crippen molar-refractivity contribution in [2.75, 3.05) is 26.9 Å². The Morgan fingerprint density at radius 3 is 2.38 bits per heavy atom. The van der Waals surface area contributed by atoms with Crippen molar-refractivity contribution in [1.82, 2.24) is 5.32 Å². The predicted octanol–water partition coefficient (Wildman–Crippen LogP) is 3.54. The van der Waals surface area contributed by atoms with Crippen molar-refractivity contribution in [2.24, 2.45) is 0 Å². The van der Waals surface area contributed by atoms with Gasteiger partial charge in [-0.3, -0.25) is 0 Å². The molecule has 1 atom stereocenters. The van der Waals surface area contributed by atoms with Gasteiger partial charge in [0, 0.05) is 0 Å². The zero-order valence-corrected chi connectivity index (χ0v) is 12.8. The Bertz CT molecular complexity index is 461. The molecule has 0 aliphatic carbocycles. The first kappa shape index (κ1) is 17.8. The van der Waals surface area contributed by atoms with Crippen LogP contribution in [0.5, 0.6) is 5.75 Å². The van der Waals surface area contributed by atoms with E-state index in [1.165, 1.54) is 0 Å². The number of likely N-dealkylation sites (N-methyl/N-ethyl adjacent to an activating group) is 1. The summed E-state index contributed by atoms with van der Waals surface area (Å²) in [6.07, 6.45) is -4.30. The number of rotatable bonds is 7. The molecule has 0 heterocycles. The van der Waals surface area contributed by atoms with E-state index >= 15 is 0 Å². The average molecular weight is 305 g/mol. The van der Waals surface area contributed by atoms with Crippen LogP contribution in [0.15, 0.2) is 12.1 Å². The molecular weight excluding hydrogens is 283 g/mol. The summed E-state index contributed by atoms with van der Waals surface area (Å²) < 4.78 is 46.6. The van der Waals surface area contributed by atoms with E-state index in [0.717, 1.165) is 22.4 Å². The van der Waals surface area contributed by atoms with Gasteiger partial charge >= 0.3 is 6.18 Å². The monoisotopic (exact) mass is 305 g/mol. The van der Waals surface area contributed by atoms with Gasteiger partial charge in [-0.1, -0.05) is 13.0 Å². The smallest absolute Gasteiger partial charge is 0.411 e. The third kappa shape index (κ3) is 5.55. The van der Waals surface area contributed by atoms with Gasteiger partial charge in [-0.15, -0.1) is 0 Å². The lowest BCUT2D eigenvalue weighted by Crippen LogP contribution is -2.28. The molecule has 0 radical (unpaired) electrons. The van der Waals surface area contributed by atoms with E-state index in [9.17, 15) is 13.2 Å². The van der Waals surface area contributed by atoms with Crippen LogP contribution < -0.4 is 10.1 Å². The van der Waals surface area contributed by atoms with Crippen molar-refractivity contribution in [1.29, 1.82) is 0 Å². The quantitative estimate of drug-likeness (QED) is 0.836. The first-order valence-corrected chi connectivity index (χ1v) is 6.81. The van der Waals surface area contributed by atoms with Crippen LogP contribution in [-0.4, -0.2) is 33.0 Å². The Morgan fingerprint density at radius 2 is 1.86 bits per heavy atom. The molecule has 0 saturated heterocycles. The minimum atomic E-state index is -4.30. The third-order valence-corrected chi connectivity index (χ3v) is 3.16. The van der Waals surface area contributed by atoms with Gasteiger partial charge in [0.25, 0.3) is 0 Å². The Balaban J connectivity index is 2.87. The normalized spacial score (nSPS) is 13.3. The molecule has 0 bridgehead atoms. The van der Waals surface area contributed by atoms with E-state index in [4.69, 9.17) is 9.47 Å². The van der Waals surface area contributed by atoms with Crippen molar-refractivity contribution in [3.8, 4) is 5.75 Å². The van der Waals surface area contributed by atoms with Gasteiger partial charge in [0.15, 0.2) is 0 Å². The minimum absolute atomic E-state index is 0.0278. The van der Waals surface area contributed by atoms with Gasteiger partial charge in [-0.25, -0.2) is 0 Å². The zero-order chi connectivity index (χ0) is 16.0. The van der Waals surface area contributed by atoms with Gasteiger partial charge in [-0.2, -0.15) is 13.2 Å². The van der Waals surface area contributed by atoms with Gasteiger partial charge in [0.2, 0.25) is 0 Å². The van der Waals surface area contributed by atoms with Crippen molar-refractivity contribution in [2.45, 2.75) is 33.0 Å². The molecule has 1 unspecified atom stereocenters. The predicted molar refractivity (Wildman–Crippen MR) is 75.8 cm³/mol. The van der Waals surface area contributed by atoms with Crippen molar-refractivity contribution >= 4 is 0 Å². The number of hydrogen-bond acceptors (Lipinski definition) is 3. The fourth-order valence-corrected chi connectivity index (χ4v) is 2.20. The van der Waals surface area contributed by atoms with E-state index in [0.29, 0.717) is 6.54 Å². The highest BCUT2D eigenvalue weighted by atomic mass is 19.4. The first-order chi connectivity index (χ1) is 9.78. The minimum Gasteiger partial charge on any atom is -0.496 e. The van der Waals surface area contributed by atoms with Crippen LogP contribution in [0, 0.1) is 13.8 Å². The van der Waals surface area contributed by atoms with Crippen molar-refractivity contribution in [3.05, 3.63) is 28.8 Å². The molecule has 0 amide bonds. The second-order valence-corrected chi connectivity index (χ2v) is 4.92. The van der Waals surface area contributed by atoms with Crippen LogP contribution >= 0.6 is 0 Å². The molecule has 0 aliphatic rings. The average Bonchev–Trinajstić information content (AvgIpc) is 2.38. The van der Waals surface area contributed by atoms with E-state index in [1.807, 2.05) is 32.9 Å². The molecule has 6 heteroatoms. The third-order valence-electron chi connectivity index (χ3n) is 3.16. The summed E-state index contributed by atoms with van der Waals surface area (Å²) in [5.41, 5.74) is 2.83. The lowest BCUT2D eigenvalue weighted by Gasteiger charge is -2.22.